The molecule has 0 amide bonds. The molecule has 0 aromatic heterocycles. The third-order valence-electron chi connectivity index (χ3n) is 3.07. The lowest BCUT2D eigenvalue weighted by Gasteiger charge is -2.13. The van der Waals surface area contributed by atoms with Gasteiger partial charge in [-0.25, -0.2) is 8.78 Å². The van der Waals surface area contributed by atoms with Crippen molar-refractivity contribution in [1.29, 1.82) is 0 Å². The number of ether oxygens (including phenoxy) is 1. The predicted octanol–water partition coefficient (Wildman–Crippen LogP) is 4.20. The summed E-state index contributed by atoms with van der Waals surface area (Å²) in [6.45, 7) is 0.822. The van der Waals surface area contributed by atoms with E-state index in [2.05, 4.69) is 0 Å². The van der Waals surface area contributed by atoms with Gasteiger partial charge < -0.3 is 4.74 Å². The van der Waals surface area contributed by atoms with Crippen molar-refractivity contribution in [2.24, 2.45) is 0 Å². The van der Waals surface area contributed by atoms with Crippen LogP contribution in [0.3, 0.4) is 0 Å². The summed E-state index contributed by atoms with van der Waals surface area (Å²) >= 11 is 6.16. The Morgan fingerprint density at radius 1 is 1.35 bits per heavy atom. The molecule has 1 aromatic rings. The molecule has 1 aliphatic rings. The summed E-state index contributed by atoms with van der Waals surface area (Å²) in [5.41, 5.74) is 0.628. The van der Waals surface area contributed by atoms with Crippen molar-refractivity contribution in [1.82, 2.24) is 0 Å². The number of hydrogen-bond donors (Lipinski definition) is 0. The molecule has 0 N–H and O–H groups in total. The van der Waals surface area contributed by atoms with Gasteiger partial charge >= 0.3 is 0 Å². The molecule has 17 heavy (non-hydrogen) atoms. The quantitative estimate of drug-likeness (QED) is 0.737. The van der Waals surface area contributed by atoms with E-state index in [9.17, 15) is 8.78 Å². The van der Waals surface area contributed by atoms with E-state index in [1.165, 1.54) is 12.1 Å². The SMILES string of the molecule is Fc1ccc(C(Cl)CCC2CCCO2)cc1F. The number of rotatable bonds is 4. The van der Waals surface area contributed by atoms with Gasteiger partial charge in [0.15, 0.2) is 11.6 Å². The van der Waals surface area contributed by atoms with E-state index in [1.807, 2.05) is 0 Å². The Morgan fingerprint density at radius 2 is 2.18 bits per heavy atom. The lowest BCUT2D eigenvalue weighted by molar-refractivity contribution is 0.102. The minimum absolute atomic E-state index is 0.279. The highest BCUT2D eigenvalue weighted by Crippen LogP contribution is 2.29. The molecule has 0 saturated carbocycles. The lowest BCUT2D eigenvalue weighted by Crippen LogP contribution is -2.06. The molecule has 1 aliphatic heterocycles. The van der Waals surface area contributed by atoms with Crippen molar-refractivity contribution in [3.63, 3.8) is 0 Å². The Bertz CT molecular complexity index is 378. The van der Waals surface area contributed by atoms with Crippen LogP contribution in [-0.2, 0) is 4.74 Å². The van der Waals surface area contributed by atoms with Crippen LogP contribution in [0.25, 0.3) is 0 Å². The molecular formula is C13H15ClF2O. The Balaban J connectivity index is 1.89. The van der Waals surface area contributed by atoms with Gasteiger partial charge in [0.05, 0.1) is 11.5 Å². The van der Waals surface area contributed by atoms with Crippen LogP contribution in [0.5, 0.6) is 0 Å². The molecule has 94 valence electrons. The fourth-order valence-electron chi connectivity index (χ4n) is 2.08. The summed E-state index contributed by atoms with van der Waals surface area (Å²) < 4.78 is 31.3. The first kappa shape index (κ1) is 12.8. The van der Waals surface area contributed by atoms with Crippen LogP contribution in [0.1, 0.15) is 36.6 Å². The fraction of sp³-hybridized carbons (Fsp3) is 0.538. The number of benzene rings is 1. The second kappa shape index (κ2) is 5.78. The maximum atomic E-state index is 13.0. The van der Waals surface area contributed by atoms with E-state index in [4.69, 9.17) is 16.3 Å². The molecule has 1 fully saturated rings. The third kappa shape index (κ3) is 3.39. The molecule has 0 aliphatic carbocycles. The standard InChI is InChI=1S/C13H15ClF2O/c14-11(5-4-10-2-1-7-17-10)9-3-6-12(15)13(16)8-9/h3,6,8,10-11H,1-2,4-5,7H2. The first-order chi connectivity index (χ1) is 8.16. The van der Waals surface area contributed by atoms with Gasteiger partial charge in [0.1, 0.15) is 0 Å². The first-order valence-electron chi connectivity index (χ1n) is 5.87. The summed E-state index contributed by atoms with van der Waals surface area (Å²) in [4.78, 5) is 0. The van der Waals surface area contributed by atoms with Crippen molar-refractivity contribution in [2.75, 3.05) is 6.61 Å². The van der Waals surface area contributed by atoms with Crippen molar-refractivity contribution < 1.29 is 13.5 Å². The molecule has 1 saturated heterocycles. The van der Waals surface area contributed by atoms with E-state index in [0.717, 1.165) is 38.4 Å². The molecule has 2 atom stereocenters. The Hall–Kier alpha value is -0.670. The molecule has 2 unspecified atom stereocenters. The third-order valence-corrected chi connectivity index (χ3v) is 3.54. The summed E-state index contributed by atoms with van der Waals surface area (Å²) in [6.07, 6.45) is 4.04. The van der Waals surface area contributed by atoms with Crippen LogP contribution in [0.15, 0.2) is 18.2 Å². The van der Waals surface area contributed by atoms with Gasteiger partial charge in [-0.15, -0.1) is 11.6 Å². The molecule has 0 radical (unpaired) electrons. The van der Waals surface area contributed by atoms with E-state index in [1.54, 1.807) is 0 Å². The van der Waals surface area contributed by atoms with E-state index in [0.29, 0.717) is 5.56 Å². The highest BCUT2D eigenvalue weighted by Gasteiger charge is 2.18. The summed E-state index contributed by atoms with van der Waals surface area (Å²) in [5, 5.41) is -0.283. The van der Waals surface area contributed by atoms with Crippen LogP contribution in [0, 0.1) is 11.6 Å². The molecule has 1 aromatic carbocycles. The molecule has 2 rings (SSSR count). The normalized spacial score (nSPS) is 21.7. The smallest absolute Gasteiger partial charge is 0.159 e. The highest BCUT2D eigenvalue weighted by molar-refractivity contribution is 6.20. The van der Waals surface area contributed by atoms with E-state index < -0.39 is 11.6 Å². The van der Waals surface area contributed by atoms with Gasteiger partial charge in [-0.2, -0.15) is 0 Å². The average Bonchev–Trinajstić information content (AvgIpc) is 2.82. The number of hydrogen-bond acceptors (Lipinski definition) is 1. The maximum Gasteiger partial charge on any atom is 0.159 e. The summed E-state index contributed by atoms with van der Waals surface area (Å²) in [5.74, 6) is -1.68. The fourth-order valence-corrected chi connectivity index (χ4v) is 2.34. The van der Waals surface area contributed by atoms with Gasteiger partial charge in [0, 0.05) is 6.61 Å². The van der Waals surface area contributed by atoms with Crippen molar-refractivity contribution in [3.05, 3.63) is 35.4 Å². The molecule has 1 nitrogen and oxygen atoms in total. The molecule has 4 heteroatoms. The topological polar surface area (TPSA) is 9.23 Å². The minimum atomic E-state index is -0.842. The first-order valence-corrected chi connectivity index (χ1v) is 6.31. The van der Waals surface area contributed by atoms with Gasteiger partial charge in [0.25, 0.3) is 0 Å². The second-order valence-electron chi connectivity index (χ2n) is 4.35. The van der Waals surface area contributed by atoms with Gasteiger partial charge in [-0.3, -0.25) is 0 Å². The van der Waals surface area contributed by atoms with Crippen molar-refractivity contribution in [3.8, 4) is 0 Å². The number of halogens is 3. The van der Waals surface area contributed by atoms with Crippen LogP contribution >= 0.6 is 11.6 Å². The Kier molecular flexibility index (Phi) is 4.35. The van der Waals surface area contributed by atoms with Crippen LogP contribution in [0.4, 0.5) is 8.78 Å². The summed E-state index contributed by atoms with van der Waals surface area (Å²) in [7, 11) is 0. The van der Waals surface area contributed by atoms with Crippen molar-refractivity contribution >= 4 is 11.6 Å². The van der Waals surface area contributed by atoms with E-state index >= 15 is 0 Å². The zero-order chi connectivity index (χ0) is 12.3. The average molecular weight is 261 g/mol. The van der Waals surface area contributed by atoms with Gasteiger partial charge in [-0.1, -0.05) is 6.07 Å². The van der Waals surface area contributed by atoms with Crippen LogP contribution < -0.4 is 0 Å². The monoisotopic (exact) mass is 260 g/mol. The van der Waals surface area contributed by atoms with Gasteiger partial charge in [0.2, 0.25) is 0 Å². The molecule has 0 spiro atoms. The van der Waals surface area contributed by atoms with Crippen molar-refractivity contribution in [2.45, 2.75) is 37.2 Å². The van der Waals surface area contributed by atoms with Gasteiger partial charge in [-0.05, 0) is 43.4 Å². The molecule has 0 bridgehead atoms. The largest absolute Gasteiger partial charge is 0.378 e. The maximum absolute atomic E-state index is 13.0. The Morgan fingerprint density at radius 3 is 2.82 bits per heavy atom. The zero-order valence-corrected chi connectivity index (χ0v) is 10.2. The second-order valence-corrected chi connectivity index (χ2v) is 4.88. The molecule has 1 heterocycles. The molecular weight excluding hydrogens is 246 g/mol. The van der Waals surface area contributed by atoms with Crippen LogP contribution in [0.2, 0.25) is 0 Å². The van der Waals surface area contributed by atoms with Crippen LogP contribution in [-0.4, -0.2) is 12.7 Å². The lowest BCUT2D eigenvalue weighted by atomic mass is 10.0. The minimum Gasteiger partial charge on any atom is -0.378 e. The highest BCUT2D eigenvalue weighted by atomic mass is 35.5. The van der Waals surface area contributed by atoms with E-state index in [-0.39, 0.29) is 11.5 Å². The predicted molar refractivity (Wildman–Crippen MR) is 63.2 cm³/mol. The number of alkyl halides is 1. The Labute approximate surface area is 105 Å². The zero-order valence-electron chi connectivity index (χ0n) is 9.46. The summed E-state index contributed by atoms with van der Waals surface area (Å²) in [6, 6.07) is 3.82.